The predicted molar refractivity (Wildman–Crippen MR) is 108 cm³/mol. The van der Waals surface area contributed by atoms with Gasteiger partial charge in [-0.3, -0.25) is 19.4 Å². The number of nitrogens with zero attached hydrogens (tertiary/aromatic N) is 3. The van der Waals surface area contributed by atoms with Crippen molar-refractivity contribution >= 4 is 21.8 Å². The number of amides is 2. The van der Waals surface area contributed by atoms with Gasteiger partial charge in [-0.1, -0.05) is 25.0 Å². The maximum absolute atomic E-state index is 13.1. The number of aryl methyl sites for hydroxylation is 2. The molecule has 8 heteroatoms. The van der Waals surface area contributed by atoms with Crippen LogP contribution in [0.2, 0.25) is 0 Å². The van der Waals surface area contributed by atoms with Gasteiger partial charge < -0.3 is 0 Å². The molecule has 29 heavy (non-hydrogen) atoms. The van der Waals surface area contributed by atoms with Crippen LogP contribution in [0.15, 0.2) is 23.1 Å². The van der Waals surface area contributed by atoms with E-state index in [2.05, 4.69) is 0 Å². The topological polar surface area (TPSA) is 78.0 Å². The van der Waals surface area contributed by atoms with Gasteiger partial charge in [0, 0.05) is 26.2 Å². The average Bonchev–Trinajstić information content (AvgIpc) is 2.95. The fourth-order valence-electron chi connectivity index (χ4n) is 4.81. The Balaban J connectivity index is 1.40. The summed E-state index contributed by atoms with van der Waals surface area (Å²) in [6, 6.07) is 5.47. The van der Waals surface area contributed by atoms with Crippen LogP contribution in [-0.2, 0) is 19.6 Å². The molecule has 0 aromatic heterocycles. The lowest BCUT2D eigenvalue weighted by atomic mass is 9.81. The zero-order valence-electron chi connectivity index (χ0n) is 17.1. The summed E-state index contributed by atoms with van der Waals surface area (Å²) in [5.41, 5.74) is 1.66. The van der Waals surface area contributed by atoms with Gasteiger partial charge in [-0.25, -0.2) is 8.42 Å². The predicted octanol–water partition coefficient (Wildman–Crippen LogP) is 1.74. The summed E-state index contributed by atoms with van der Waals surface area (Å²) in [7, 11) is -3.55. The van der Waals surface area contributed by atoms with Gasteiger partial charge in [-0.2, -0.15) is 4.31 Å². The lowest BCUT2D eigenvalue weighted by molar-refractivity contribution is -0.142. The Morgan fingerprint density at radius 3 is 2.10 bits per heavy atom. The molecule has 3 fully saturated rings. The van der Waals surface area contributed by atoms with Crippen LogP contribution < -0.4 is 0 Å². The zero-order valence-corrected chi connectivity index (χ0v) is 18.0. The number of carbonyl (C=O) groups excluding carboxylic acids is 2. The molecule has 7 nitrogen and oxygen atoms in total. The summed E-state index contributed by atoms with van der Waals surface area (Å²) in [4.78, 5) is 29.1. The molecule has 1 aliphatic carbocycles. The van der Waals surface area contributed by atoms with E-state index in [1.165, 1.54) is 9.21 Å². The number of carbonyl (C=O) groups is 2. The lowest BCUT2D eigenvalue weighted by Crippen LogP contribution is -2.52. The quantitative estimate of drug-likeness (QED) is 0.695. The second-order valence-corrected chi connectivity index (χ2v) is 10.4. The molecule has 0 spiro atoms. The molecule has 2 aliphatic heterocycles. The minimum Gasteiger partial charge on any atom is -0.283 e. The maximum Gasteiger partial charge on any atom is 0.243 e. The Morgan fingerprint density at radius 2 is 1.52 bits per heavy atom. The maximum atomic E-state index is 13.1. The normalized spacial score (nSPS) is 26.8. The van der Waals surface area contributed by atoms with Crippen LogP contribution in [0.25, 0.3) is 0 Å². The molecule has 158 valence electrons. The van der Waals surface area contributed by atoms with Gasteiger partial charge in [0.1, 0.15) is 0 Å². The van der Waals surface area contributed by atoms with Crippen LogP contribution in [0.5, 0.6) is 0 Å². The standard InChI is InChI=1S/C21H29N3O4S/c1-15-7-8-16(2)19(13-15)29(27,28)23-11-9-22(10-12-23)14-24-20(25)17-5-3-4-6-18(17)21(24)26/h7-8,13,17-18H,3-6,9-12,14H2,1-2H3/t17-,18-/m1/s1. The number of benzene rings is 1. The van der Waals surface area contributed by atoms with E-state index in [1.807, 2.05) is 30.9 Å². The summed E-state index contributed by atoms with van der Waals surface area (Å²) in [5.74, 6) is -0.348. The van der Waals surface area contributed by atoms with Gasteiger partial charge in [0.25, 0.3) is 0 Å². The molecule has 2 atom stereocenters. The first-order valence-corrected chi connectivity index (χ1v) is 11.9. The van der Waals surface area contributed by atoms with Gasteiger partial charge in [0.05, 0.1) is 23.4 Å². The second kappa shape index (κ2) is 7.81. The number of sulfonamides is 1. The Labute approximate surface area is 172 Å². The van der Waals surface area contributed by atoms with Crippen molar-refractivity contribution in [1.82, 2.24) is 14.1 Å². The highest BCUT2D eigenvalue weighted by atomic mass is 32.2. The molecular weight excluding hydrogens is 390 g/mol. The van der Waals surface area contributed by atoms with Crippen molar-refractivity contribution in [3.8, 4) is 0 Å². The van der Waals surface area contributed by atoms with Gasteiger partial charge in [-0.15, -0.1) is 0 Å². The van der Waals surface area contributed by atoms with Crippen molar-refractivity contribution in [3.05, 3.63) is 29.3 Å². The van der Waals surface area contributed by atoms with Crippen molar-refractivity contribution < 1.29 is 18.0 Å². The van der Waals surface area contributed by atoms with E-state index in [0.717, 1.165) is 36.8 Å². The highest BCUT2D eigenvalue weighted by Gasteiger charge is 2.48. The molecule has 1 aromatic carbocycles. The largest absolute Gasteiger partial charge is 0.283 e. The minimum atomic E-state index is -3.55. The Hall–Kier alpha value is -1.77. The number of rotatable bonds is 4. The smallest absolute Gasteiger partial charge is 0.243 e. The molecule has 0 bridgehead atoms. The van der Waals surface area contributed by atoms with Crippen LogP contribution in [-0.4, -0.2) is 67.2 Å². The van der Waals surface area contributed by atoms with E-state index >= 15 is 0 Å². The average molecular weight is 420 g/mol. The first kappa shape index (κ1) is 20.5. The fraction of sp³-hybridized carbons (Fsp3) is 0.619. The number of hydrogen-bond acceptors (Lipinski definition) is 5. The fourth-order valence-corrected chi connectivity index (χ4v) is 6.54. The van der Waals surface area contributed by atoms with Crippen LogP contribution in [0.3, 0.4) is 0 Å². The van der Waals surface area contributed by atoms with E-state index in [4.69, 9.17) is 0 Å². The zero-order chi connectivity index (χ0) is 20.8. The summed E-state index contributed by atoms with van der Waals surface area (Å²) in [6.45, 7) is 5.72. The highest BCUT2D eigenvalue weighted by Crippen LogP contribution is 2.38. The third kappa shape index (κ3) is 3.73. The number of imide groups is 1. The Bertz CT molecular complexity index is 898. The molecule has 0 N–H and O–H groups in total. The second-order valence-electron chi connectivity index (χ2n) is 8.53. The van der Waals surface area contributed by atoms with Crippen molar-refractivity contribution in [3.63, 3.8) is 0 Å². The third-order valence-electron chi connectivity index (χ3n) is 6.57. The molecule has 2 heterocycles. The molecule has 4 rings (SSSR count). The minimum absolute atomic E-state index is 0.0369. The summed E-state index contributed by atoms with van der Waals surface area (Å²) in [6.07, 6.45) is 3.66. The highest BCUT2D eigenvalue weighted by molar-refractivity contribution is 7.89. The van der Waals surface area contributed by atoms with Crippen LogP contribution >= 0.6 is 0 Å². The number of hydrogen-bond donors (Lipinski definition) is 0. The van der Waals surface area contributed by atoms with E-state index in [-0.39, 0.29) is 30.3 Å². The summed E-state index contributed by atoms with van der Waals surface area (Å²) >= 11 is 0. The van der Waals surface area contributed by atoms with Gasteiger partial charge >= 0.3 is 0 Å². The first-order chi connectivity index (χ1) is 13.8. The van der Waals surface area contributed by atoms with Crippen LogP contribution in [0.1, 0.15) is 36.8 Å². The summed E-state index contributed by atoms with van der Waals surface area (Å²) in [5, 5.41) is 0. The SMILES string of the molecule is Cc1ccc(C)c(S(=O)(=O)N2CCN(CN3C(=O)[C@@H]4CCCC[C@H]4C3=O)CC2)c1. The van der Waals surface area contributed by atoms with Crippen LogP contribution in [0.4, 0.5) is 0 Å². The van der Waals surface area contributed by atoms with E-state index < -0.39 is 10.0 Å². The molecule has 3 aliphatic rings. The van der Waals surface area contributed by atoms with E-state index in [9.17, 15) is 18.0 Å². The van der Waals surface area contributed by atoms with Crippen LogP contribution in [0, 0.1) is 25.7 Å². The molecule has 2 amide bonds. The number of fused-ring (bicyclic) bond motifs is 1. The third-order valence-corrected chi connectivity index (χ3v) is 8.61. The van der Waals surface area contributed by atoms with E-state index in [0.29, 0.717) is 31.1 Å². The Morgan fingerprint density at radius 1 is 0.931 bits per heavy atom. The van der Waals surface area contributed by atoms with Crippen molar-refractivity contribution in [2.45, 2.75) is 44.4 Å². The van der Waals surface area contributed by atoms with Crippen molar-refractivity contribution in [1.29, 1.82) is 0 Å². The number of likely N-dealkylation sites (tertiary alicyclic amines) is 1. The monoisotopic (exact) mass is 419 g/mol. The molecule has 0 unspecified atom stereocenters. The van der Waals surface area contributed by atoms with Crippen molar-refractivity contribution in [2.24, 2.45) is 11.8 Å². The van der Waals surface area contributed by atoms with Gasteiger partial charge in [0.15, 0.2) is 0 Å². The molecule has 1 aromatic rings. The first-order valence-electron chi connectivity index (χ1n) is 10.4. The molecule has 2 saturated heterocycles. The molecular formula is C21H29N3O4S. The lowest BCUT2D eigenvalue weighted by Gasteiger charge is -2.35. The van der Waals surface area contributed by atoms with E-state index in [1.54, 1.807) is 6.07 Å². The van der Waals surface area contributed by atoms with Crippen molar-refractivity contribution in [2.75, 3.05) is 32.8 Å². The molecule has 1 saturated carbocycles. The van der Waals surface area contributed by atoms with Gasteiger partial charge in [0.2, 0.25) is 21.8 Å². The molecule has 0 radical (unpaired) electrons. The summed E-state index contributed by atoms with van der Waals surface area (Å²) < 4.78 is 27.7. The van der Waals surface area contributed by atoms with Gasteiger partial charge in [-0.05, 0) is 43.9 Å². The Kier molecular flexibility index (Phi) is 5.52. The number of piperazine rings is 1.